The molecule has 0 aromatic carbocycles. The highest BCUT2D eigenvalue weighted by Gasteiger charge is 2.42. The normalized spacial score (nSPS) is 28.8. The monoisotopic (exact) mass is 237 g/mol. The van der Waals surface area contributed by atoms with Crippen LogP contribution in [0.4, 0.5) is 0 Å². The van der Waals surface area contributed by atoms with Gasteiger partial charge in [0.25, 0.3) is 0 Å². The van der Waals surface area contributed by atoms with Gasteiger partial charge in [0.05, 0.1) is 13.2 Å². The van der Waals surface area contributed by atoms with E-state index in [4.69, 9.17) is 4.74 Å². The van der Waals surface area contributed by atoms with E-state index in [2.05, 4.69) is 13.5 Å². The van der Waals surface area contributed by atoms with Gasteiger partial charge in [-0.15, -0.1) is 6.58 Å². The van der Waals surface area contributed by atoms with E-state index in [0.29, 0.717) is 19.0 Å². The van der Waals surface area contributed by atoms with E-state index in [9.17, 15) is 4.79 Å². The fraction of sp³-hybridized carbons (Fsp3) is 0.786. The summed E-state index contributed by atoms with van der Waals surface area (Å²) in [4.78, 5) is 14.3. The van der Waals surface area contributed by atoms with Crippen LogP contribution in [-0.4, -0.2) is 36.1 Å². The van der Waals surface area contributed by atoms with Crippen LogP contribution in [-0.2, 0) is 9.53 Å². The van der Waals surface area contributed by atoms with Crippen molar-refractivity contribution in [3.8, 4) is 0 Å². The average Bonchev–Trinajstić information content (AvgIpc) is 3.07. The maximum absolute atomic E-state index is 12.4. The van der Waals surface area contributed by atoms with Crippen LogP contribution in [0.15, 0.2) is 12.7 Å². The zero-order chi connectivity index (χ0) is 12.3. The van der Waals surface area contributed by atoms with Crippen LogP contribution in [0.2, 0.25) is 0 Å². The van der Waals surface area contributed by atoms with Crippen LogP contribution in [0, 0.1) is 5.92 Å². The van der Waals surface area contributed by atoms with E-state index in [1.54, 1.807) is 0 Å². The van der Waals surface area contributed by atoms with Gasteiger partial charge in [0, 0.05) is 12.5 Å². The third-order valence-corrected chi connectivity index (χ3v) is 3.78. The van der Waals surface area contributed by atoms with E-state index in [-0.39, 0.29) is 11.5 Å². The van der Waals surface area contributed by atoms with Crippen molar-refractivity contribution in [2.45, 2.75) is 44.6 Å². The lowest BCUT2D eigenvalue weighted by atomic mass is 9.88. The molecule has 0 N–H and O–H groups in total. The molecule has 1 saturated heterocycles. The molecule has 1 unspecified atom stereocenters. The number of epoxide rings is 1. The number of hydrogen-bond donors (Lipinski definition) is 0. The molecular weight excluding hydrogens is 214 g/mol. The van der Waals surface area contributed by atoms with Crippen molar-refractivity contribution in [2.75, 3.05) is 19.7 Å². The van der Waals surface area contributed by atoms with E-state index in [1.807, 2.05) is 11.0 Å². The summed E-state index contributed by atoms with van der Waals surface area (Å²) < 4.78 is 5.38. The number of carbonyl (C=O) groups is 1. The van der Waals surface area contributed by atoms with Gasteiger partial charge < -0.3 is 9.64 Å². The number of nitrogens with zero attached hydrogens (tertiary/aromatic N) is 1. The Balaban J connectivity index is 1.93. The second-order valence-electron chi connectivity index (χ2n) is 5.58. The van der Waals surface area contributed by atoms with Crippen LogP contribution in [0.3, 0.4) is 0 Å². The van der Waals surface area contributed by atoms with Crippen LogP contribution in [0.1, 0.15) is 39.0 Å². The maximum Gasteiger partial charge on any atom is 0.226 e. The number of ether oxygens (including phenoxy) is 1. The Morgan fingerprint density at radius 3 is 2.65 bits per heavy atom. The van der Waals surface area contributed by atoms with Gasteiger partial charge in [-0.05, 0) is 19.8 Å². The van der Waals surface area contributed by atoms with Crippen LogP contribution >= 0.6 is 0 Å². The number of carbonyl (C=O) groups excluding carboxylic acids is 1. The molecule has 1 aliphatic heterocycles. The van der Waals surface area contributed by atoms with Crippen LogP contribution in [0.5, 0.6) is 0 Å². The van der Waals surface area contributed by atoms with Gasteiger partial charge in [-0.3, -0.25) is 4.79 Å². The molecule has 0 radical (unpaired) electrons. The second kappa shape index (κ2) is 5.21. The summed E-state index contributed by atoms with van der Waals surface area (Å²) >= 11 is 0. The molecule has 1 atom stereocenters. The molecule has 1 heterocycles. The Morgan fingerprint density at radius 2 is 2.12 bits per heavy atom. The summed E-state index contributed by atoms with van der Waals surface area (Å²) in [7, 11) is 0. The highest BCUT2D eigenvalue weighted by atomic mass is 16.6. The first-order chi connectivity index (χ1) is 8.14. The largest absolute Gasteiger partial charge is 0.368 e. The Bertz CT molecular complexity index is 291. The minimum absolute atomic E-state index is 0.0899. The number of amides is 1. The molecule has 2 rings (SSSR count). The Morgan fingerprint density at radius 1 is 1.47 bits per heavy atom. The molecule has 3 nitrogen and oxygen atoms in total. The molecule has 0 spiro atoms. The fourth-order valence-corrected chi connectivity index (χ4v) is 2.61. The lowest BCUT2D eigenvalue weighted by Crippen LogP contribution is -2.42. The maximum atomic E-state index is 12.4. The first-order valence-electron chi connectivity index (χ1n) is 6.68. The van der Waals surface area contributed by atoms with E-state index >= 15 is 0 Å². The predicted molar refractivity (Wildman–Crippen MR) is 67.7 cm³/mol. The molecule has 96 valence electrons. The Labute approximate surface area is 104 Å². The zero-order valence-electron chi connectivity index (χ0n) is 10.8. The summed E-state index contributed by atoms with van der Waals surface area (Å²) in [5.74, 6) is 0.548. The number of hydrogen-bond acceptors (Lipinski definition) is 2. The smallest absolute Gasteiger partial charge is 0.226 e. The van der Waals surface area contributed by atoms with E-state index < -0.39 is 0 Å². The van der Waals surface area contributed by atoms with Crippen molar-refractivity contribution in [2.24, 2.45) is 5.92 Å². The quantitative estimate of drug-likeness (QED) is 0.543. The predicted octanol–water partition coefficient (Wildman–Crippen LogP) is 2.37. The van der Waals surface area contributed by atoms with Crippen molar-refractivity contribution in [3.05, 3.63) is 12.7 Å². The Kier molecular flexibility index (Phi) is 3.87. The average molecular weight is 237 g/mol. The van der Waals surface area contributed by atoms with Crippen molar-refractivity contribution in [1.82, 2.24) is 4.90 Å². The minimum atomic E-state index is -0.0899. The standard InChI is InChI=1S/C14H23NO2/c1-3-9-15(10-14(2)11-17-14)13(16)12-7-5-4-6-8-12/h3,12H,1,4-11H2,2H3. The molecule has 17 heavy (non-hydrogen) atoms. The lowest BCUT2D eigenvalue weighted by Gasteiger charge is -2.29. The second-order valence-corrected chi connectivity index (χ2v) is 5.58. The molecule has 0 aromatic rings. The van der Waals surface area contributed by atoms with E-state index in [1.165, 1.54) is 19.3 Å². The van der Waals surface area contributed by atoms with Gasteiger partial charge in [-0.25, -0.2) is 0 Å². The van der Waals surface area contributed by atoms with E-state index in [0.717, 1.165) is 19.4 Å². The van der Waals surface area contributed by atoms with Crippen molar-refractivity contribution < 1.29 is 9.53 Å². The zero-order valence-corrected chi connectivity index (χ0v) is 10.8. The SMILES string of the molecule is C=CCN(CC1(C)CO1)C(=O)C1CCCCC1. The molecule has 1 saturated carbocycles. The van der Waals surface area contributed by atoms with Gasteiger partial charge in [-0.1, -0.05) is 25.3 Å². The molecule has 0 bridgehead atoms. The highest BCUT2D eigenvalue weighted by Crippen LogP contribution is 2.30. The first kappa shape index (κ1) is 12.6. The fourth-order valence-electron chi connectivity index (χ4n) is 2.61. The van der Waals surface area contributed by atoms with Gasteiger partial charge in [0.2, 0.25) is 5.91 Å². The minimum Gasteiger partial charge on any atom is -0.368 e. The first-order valence-corrected chi connectivity index (χ1v) is 6.68. The third kappa shape index (κ3) is 3.32. The lowest BCUT2D eigenvalue weighted by molar-refractivity contribution is -0.136. The van der Waals surface area contributed by atoms with Crippen molar-refractivity contribution in [1.29, 1.82) is 0 Å². The molecule has 2 fully saturated rings. The topological polar surface area (TPSA) is 32.8 Å². The summed E-state index contributed by atoms with van der Waals surface area (Å²) in [6.07, 6.45) is 7.62. The molecule has 1 amide bonds. The number of rotatable bonds is 5. The Hall–Kier alpha value is -0.830. The summed E-state index contributed by atoms with van der Waals surface area (Å²) in [5, 5.41) is 0. The van der Waals surface area contributed by atoms with Crippen LogP contribution in [0.25, 0.3) is 0 Å². The van der Waals surface area contributed by atoms with Crippen LogP contribution < -0.4 is 0 Å². The summed E-state index contributed by atoms with van der Waals surface area (Å²) in [6.45, 7) is 7.95. The summed E-state index contributed by atoms with van der Waals surface area (Å²) in [5.41, 5.74) is -0.0899. The van der Waals surface area contributed by atoms with Gasteiger partial charge >= 0.3 is 0 Å². The molecule has 0 aromatic heterocycles. The third-order valence-electron chi connectivity index (χ3n) is 3.78. The highest BCUT2D eigenvalue weighted by molar-refractivity contribution is 5.79. The van der Waals surface area contributed by atoms with Gasteiger partial charge in [0.1, 0.15) is 5.60 Å². The molecule has 3 heteroatoms. The van der Waals surface area contributed by atoms with Gasteiger partial charge in [0.15, 0.2) is 0 Å². The molecular formula is C14H23NO2. The van der Waals surface area contributed by atoms with Crippen molar-refractivity contribution >= 4 is 5.91 Å². The summed E-state index contributed by atoms with van der Waals surface area (Å²) in [6, 6.07) is 0. The van der Waals surface area contributed by atoms with Crippen molar-refractivity contribution in [3.63, 3.8) is 0 Å². The molecule has 1 aliphatic carbocycles. The molecule has 2 aliphatic rings. The van der Waals surface area contributed by atoms with Gasteiger partial charge in [-0.2, -0.15) is 0 Å².